The molecule has 22 heavy (non-hydrogen) atoms. The quantitative estimate of drug-likeness (QED) is 0.839. The first-order valence-electron chi connectivity index (χ1n) is 8.05. The first kappa shape index (κ1) is 15.5. The molecule has 3 rings (SSSR count). The van der Waals surface area contributed by atoms with Crippen LogP contribution in [0.15, 0.2) is 24.3 Å². The number of nitrogens with zero attached hydrogens (tertiary/aromatic N) is 1. The van der Waals surface area contributed by atoms with Crippen LogP contribution < -0.4 is 5.32 Å². The second-order valence-corrected chi connectivity index (χ2v) is 6.07. The number of ether oxygens (including phenoxy) is 1. The Bertz CT molecular complexity index is 528. The number of carbonyl (C=O) groups is 1. The average Bonchev–Trinajstić information content (AvgIpc) is 2.95. The Balaban J connectivity index is 1.57. The van der Waals surface area contributed by atoms with E-state index in [1.165, 1.54) is 11.1 Å². The lowest BCUT2D eigenvalue weighted by atomic mass is 9.92. The van der Waals surface area contributed by atoms with Gasteiger partial charge in [-0.3, -0.25) is 4.79 Å². The van der Waals surface area contributed by atoms with E-state index in [1.807, 2.05) is 17.0 Å². The molecule has 0 bridgehead atoms. The second kappa shape index (κ2) is 6.77. The summed E-state index contributed by atoms with van der Waals surface area (Å²) in [5, 5.41) is 13.3. The van der Waals surface area contributed by atoms with E-state index in [1.54, 1.807) is 0 Å². The molecule has 1 aliphatic heterocycles. The zero-order chi connectivity index (χ0) is 15.4. The fourth-order valence-corrected chi connectivity index (χ4v) is 3.47. The zero-order valence-electron chi connectivity index (χ0n) is 12.9. The van der Waals surface area contributed by atoms with E-state index in [0.29, 0.717) is 39.3 Å². The maximum absolute atomic E-state index is 12.2. The smallest absolute Gasteiger partial charge is 0.224 e. The Hall–Kier alpha value is -1.43. The number of rotatable bonds is 5. The summed E-state index contributed by atoms with van der Waals surface area (Å²) in [5.41, 5.74) is 2.09. The molecule has 0 saturated carbocycles. The largest absolute Gasteiger partial charge is 0.394 e. The molecule has 5 nitrogen and oxygen atoms in total. The molecular formula is C17H24N2O3. The van der Waals surface area contributed by atoms with Crippen molar-refractivity contribution >= 4 is 5.91 Å². The summed E-state index contributed by atoms with van der Waals surface area (Å²) in [4.78, 5) is 14.0. The Morgan fingerprint density at radius 1 is 1.32 bits per heavy atom. The summed E-state index contributed by atoms with van der Waals surface area (Å²) in [6.07, 6.45) is 2.32. The van der Waals surface area contributed by atoms with Gasteiger partial charge in [-0.25, -0.2) is 0 Å². The van der Waals surface area contributed by atoms with E-state index in [9.17, 15) is 9.90 Å². The van der Waals surface area contributed by atoms with Crippen LogP contribution in [-0.2, 0) is 21.5 Å². The minimum atomic E-state index is -0.387. The predicted octanol–water partition coefficient (Wildman–Crippen LogP) is 0.659. The molecule has 1 aromatic carbocycles. The van der Waals surface area contributed by atoms with Crippen molar-refractivity contribution in [3.05, 3.63) is 35.4 Å². The van der Waals surface area contributed by atoms with Gasteiger partial charge in [0.15, 0.2) is 0 Å². The van der Waals surface area contributed by atoms with Crippen molar-refractivity contribution in [1.29, 1.82) is 0 Å². The molecule has 1 aromatic rings. The molecule has 1 atom stereocenters. The topological polar surface area (TPSA) is 61.8 Å². The minimum absolute atomic E-state index is 0.0652. The molecule has 1 amide bonds. The highest BCUT2D eigenvalue weighted by molar-refractivity contribution is 5.76. The van der Waals surface area contributed by atoms with Gasteiger partial charge in [-0.05, 0) is 24.0 Å². The van der Waals surface area contributed by atoms with Gasteiger partial charge in [0, 0.05) is 26.1 Å². The number of amides is 1. The molecule has 2 N–H and O–H groups in total. The lowest BCUT2D eigenvalue weighted by Crippen LogP contribution is -2.46. The molecule has 120 valence electrons. The fraction of sp³-hybridized carbons (Fsp3) is 0.588. The molecule has 0 spiro atoms. The number of carbonyl (C=O) groups excluding carboxylic acids is 1. The fourth-order valence-electron chi connectivity index (χ4n) is 3.47. The standard InChI is InChI=1S/C17H24N2O3/c20-13-17(7-5-14-3-1-2-4-15(14)17)18-8-6-16(21)19-9-11-22-12-10-19/h1-4,18,20H,5-13H2. The molecule has 2 aliphatic rings. The molecule has 0 radical (unpaired) electrons. The summed E-state index contributed by atoms with van der Waals surface area (Å²) in [5.74, 6) is 0.162. The zero-order valence-corrected chi connectivity index (χ0v) is 12.9. The number of aliphatic hydroxyl groups excluding tert-OH is 1. The number of benzene rings is 1. The van der Waals surface area contributed by atoms with E-state index in [2.05, 4.69) is 17.4 Å². The van der Waals surface area contributed by atoms with Crippen molar-refractivity contribution in [2.75, 3.05) is 39.5 Å². The van der Waals surface area contributed by atoms with Crippen LogP contribution in [-0.4, -0.2) is 55.4 Å². The normalized spacial score (nSPS) is 24.3. The molecular weight excluding hydrogens is 280 g/mol. The molecule has 5 heteroatoms. The number of aliphatic hydroxyl groups is 1. The summed E-state index contributed by atoms with van der Waals surface area (Å²) < 4.78 is 5.27. The Kier molecular flexibility index (Phi) is 4.76. The maximum atomic E-state index is 12.2. The van der Waals surface area contributed by atoms with Crippen LogP contribution in [0.2, 0.25) is 0 Å². The lowest BCUT2D eigenvalue weighted by Gasteiger charge is -2.31. The van der Waals surface area contributed by atoms with Crippen molar-refractivity contribution in [1.82, 2.24) is 10.2 Å². The molecule has 1 unspecified atom stereocenters. The van der Waals surface area contributed by atoms with Gasteiger partial charge in [-0.15, -0.1) is 0 Å². The van der Waals surface area contributed by atoms with Crippen molar-refractivity contribution < 1.29 is 14.6 Å². The van der Waals surface area contributed by atoms with Crippen molar-refractivity contribution in [3.8, 4) is 0 Å². The highest BCUT2D eigenvalue weighted by Crippen LogP contribution is 2.36. The summed E-state index contributed by atoms with van der Waals surface area (Å²) >= 11 is 0. The molecule has 1 aliphatic carbocycles. The highest BCUT2D eigenvalue weighted by Gasteiger charge is 2.37. The van der Waals surface area contributed by atoms with Crippen LogP contribution in [0.3, 0.4) is 0 Å². The van der Waals surface area contributed by atoms with Gasteiger partial charge >= 0.3 is 0 Å². The SMILES string of the molecule is O=C(CCNC1(CO)CCc2ccccc21)N1CCOCC1. The monoisotopic (exact) mass is 304 g/mol. The van der Waals surface area contributed by atoms with Gasteiger partial charge in [-0.1, -0.05) is 24.3 Å². The number of nitrogens with one attached hydrogen (secondary N) is 1. The molecule has 1 heterocycles. The van der Waals surface area contributed by atoms with E-state index >= 15 is 0 Å². The minimum Gasteiger partial charge on any atom is -0.394 e. The Morgan fingerprint density at radius 3 is 2.86 bits per heavy atom. The van der Waals surface area contributed by atoms with Crippen LogP contribution in [0.1, 0.15) is 24.0 Å². The average molecular weight is 304 g/mol. The highest BCUT2D eigenvalue weighted by atomic mass is 16.5. The number of fused-ring (bicyclic) bond motifs is 1. The van der Waals surface area contributed by atoms with Gasteiger partial charge in [0.25, 0.3) is 0 Å². The predicted molar refractivity (Wildman–Crippen MR) is 83.5 cm³/mol. The second-order valence-electron chi connectivity index (χ2n) is 6.07. The van der Waals surface area contributed by atoms with Crippen molar-refractivity contribution in [2.45, 2.75) is 24.8 Å². The van der Waals surface area contributed by atoms with E-state index in [4.69, 9.17) is 4.74 Å². The van der Waals surface area contributed by atoms with Gasteiger partial charge in [0.2, 0.25) is 5.91 Å². The van der Waals surface area contributed by atoms with Gasteiger partial charge < -0.3 is 20.1 Å². The number of hydrogen-bond donors (Lipinski definition) is 2. The molecule has 1 saturated heterocycles. The van der Waals surface area contributed by atoms with Crippen molar-refractivity contribution in [3.63, 3.8) is 0 Å². The summed E-state index contributed by atoms with van der Waals surface area (Å²) in [7, 11) is 0. The lowest BCUT2D eigenvalue weighted by molar-refractivity contribution is -0.135. The van der Waals surface area contributed by atoms with Crippen LogP contribution in [0.25, 0.3) is 0 Å². The summed E-state index contributed by atoms with van der Waals surface area (Å²) in [6, 6.07) is 8.24. The van der Waals surface area contributed by atoms with Crippen LogP contribution in [0.4, 0.5) is 0 Å². The van der Waals surface area contributed by atoms with E-state index in [-0.39, 0.29) is 18.1 Å². The van der Waals surface area contributed by atoms with Crippen LogP contribution >= 0.6 is 0 Å². The Labute approximate surface area is 131 Å². The van der Waals surface area contributed by atoms with Gasteiger partial charge in [0.05, 0.1) is 25.4 Å². The Morgan fingerprint density at radius 2 is 2.09 bits per heavy atom. The van der Waals surface area contributed by atoms with Gasteiger partial charge in [0.1, 0.15) is 0 Å². The van der Waals surface area contributed by atoms with Gasteiger partial charge in [-0.2, -0.15) is 0 Å². The van der Waals surface area contributed by atoms with Crippen molar-refractivity contribution in [2.24, 2.45) is 0 Å². The third-order valence-electron chi connectivity index (χ3n) is 4.79. The molecule has 0 aromatic heterocycles. The third-order valence-corrected chi connectivity index (χ3v) is 4.79. The maximum Gasteiger partial charge on any atom is 0.224 e. The van der Waals surface area contributed by atoms with Crippen LogP contribution in [0.5, 0.6) is 0 Å². The molecule has 1 fully saturated rings. The number of aryl methyl sites for hydroxylation is 1. The van der Waals surface area contributed by atoms with E-state index < -0.39 is 0 Å². The van der Waals surface area contributed by atoms with Crippen LogP contribution in [0, 0.1) is 0 Å². The van der Waals surface area contributed by atoms with E-state index in [0.717, 1.165) is 12.8 Å². The number of morpholine rings is 1. The first-order valence-corrected chi connectivity index (χ1v) is 8.05. The summed E-state index contributed by atoms with van der Waals surface area (Å²) in [6.45, 7) is 3.29. The first-order chi connectivity index (χ1) is 10.7. The third kappa shape index (κ3) is 3.02. The number of hydrogen-bond acceptors (Lipinski definition) is 4.